The Kier molecular flexibility index (Phi) is 6.42. The van der Waals surface area contributed by atoms with Gasteiger partial charge in [0.1, 0.15) is 0 Å². The molecule has 0 aliphatic rings. The van der Waals surface area contributed by atoms with E-state index in [2.05, 4.69) is 64.2 Å². The second-order valence-electron chi connectivity index (χ2n) is 5.96. The Balaban J connectivity index is 2.72. The molecule has 1 rings (SSSR count). The van der Waals surface area contributed by atoms with Gasteiger partial charge in [0.25, 0.3) is 0 Å². The van der Waals surface area contributed by atoms with Gasteiger partial charge in [0.15, 0.2) is 0 Å². The molecular formula is C17H29N. The van der Waals surface area contributed by atoms with E-state index in [-0.39, 0.29) is 0 Å². The minimum atomic E-state index is 0.633. The van der Waals surface area contributed by atoms with Crippen molar-refractivity contribution in [3.8, 4) is 0 Å². The van der Waals surface area contributed by atoms with E-state index >= 15 is 0 Å². The molecule has 0 fully saturated rings. The lowest BCUT2D eigenvalue weighted by atomic mass is 9.85. The van der Waals surface area contributed by atoms with Gasteiger partial charge in [0, 0.05) is 6.54 Å². The average Bonchev–Trinajstić information content (AvgIpc) is 2.33. The summed E-state index contributed by atoms with van der Waals surface area (Å²) < 4.78 is 0. The van der Waals surface area contributed by atoms with Gasteiger partial charge in [-0.05, 0) is 36.8 Å². The molecule has 0 aliphatic heterocycles. The highest BCUT2D eigenvalue weighted by Crippen LogP contribution is 2.26. The number of hydrogen-bond acceptors (Lipinski definition) is 1. The van der Waals surface area contributed by atoms with E-state index in [1.807, 2.05) is 0 Å². The zero-order valence-electron chi connectivity index (χ0n) is 12.7. The van der Waals surface area contributed by atoms with Crippen LogP contribution in [0.4, 0.5) is 0 Å². The molecule has 0 spiro atoms. The Morgan fingerprint density at radius 2 is 1.83 bits per heavy atom. The van der Waals surface area contributed by atoms with Gasteiger partial charge in [0.05, 0.1) is 0 Å². The second kappa shape index (κ2) is 7.58. The first kappa shape index (κ1) is 15.2. The minimum Gasteiger partial charge on any atom is -0.316 e. The molecule has 0 heterocycles. The van der Waals surface area contributed by atoms with Gasteiger partial charge in [-0.2, -0.15) is 0 Å². The predicted octanol–water partition coefficient (Wildman–Crippen LogP) is 4.37. The smallest absolute Gasteiger partial charge is 0.00228 e. The normalized spacial score (nSPS) is 14.8. The summed E-state index contributed by atoms with van der Waals surface area (Å²) in [5, 5.41) is 3.62. The van der Waals surface area contributed by atoms with Crippen LogP contribution in [-0.2, 0) is 0 Å². The fraction of sp³-hybridized carbons (Fsp3) is 0.647. The molecule has 18 heavy (non-hydrogen) atoms. The molecule has 0 aromatic heterocycles. The van der Waals surface area contributed by atoms with Crippen LogP contribution in [0.5, 0.6) is 0 Å². The zero-order valence-corrected chi connectivity index (χ0v) is 12.7. The number of benzene rings is 1. The van der Waals surface area contributed by atoms with Gasteiger partial charge in [0.2, 0.25) is 0 Å². The van der Waals surface area contributed by atoms with Crippen molar-refractivity contribution in [2.45, 2.75) is 47.0 Å². The van der Waals surface area contributed by atoms with E-state index in [1.165, 1.54) is 17.5 Å². The van der Waals surface area contributed by atoms with E-state index in [4.69, 9.17) is 0 Å². The Hall–Kier alpha value is -0.820. The van der Waals surface area contributed by atoms with Crippen LogP contribution in [0.1, 0.15) is 51.2 Å². The van der Waals surface area contributed by atoms with Crippen LogP contribution in [-0.4, -0.2) is 13.1 Å². The summed E-state index contributed by atoms with van der Waals surface area (Å²) in [6.07, 6.45) is 1.24. The Labute approximate surface area is 113 Å². The highest BCUT2D eigenvalue weighted by Gasteiger charge is 2.17. The molecule has 1 aromatic rings. The molecule has 1 nitrogen and oxygen atoms in total. The van der Waals surface area contributed by atoms with E-state index in [0.717, 1.165) is 24.9 Å². The van der Waals surface area contributed by atoms with Crippen molar-refractivity contribution in [3.05, 3.63) is 35.4 Å². The average molecular weight is 247 g/mol. The topological polar surface area (TPSA) is 12.0 Å². The summed E-state index contributed by atoms with van der Waals surface area (Å²) in [6.45, 7) is 13.6. The number of aryl methyl sites for hydroxylation is 1. The summed E-state index contributed by atoms with van der Waals surface area (Å²) in [5.74, 6) is 2.08. The number of nitrogens with one attached hydrogen (secondary N) is 1. The molecule has 102 valence electrons. The summed E-state index contributed by atoms with van der Waals surface area (Å²) in [5.41, 5.74) is 2.85. The minimum absolute atomic E-state index is 0.633. The highest BCUT2D eigenvalue weighted by molar-refractivity contribution is 5.26. The molecule has 1 N–H and O–H groups in total. The van der Waals surface area contributed by atoms with Crippen molar-refractivity contribution in [2.24, 2.45) is 11.8 Å². The lowest BCUT2D eigenvalue weighted by Gasteiger charge is -2.25. The lowest BCUT2D eigenvalue weighted by molar-refractivity contribution is 0.409. The van der Waals surface area contributed by atoms with Crippen molar-refractivity contribution in [2.75, 3.05) is 13.1 Å². The van der Waals surface area contributed by atoms with Crippen LogP contribution in [0.3, 0.4) is 0 Å². The third kappa shape index (κ3) is 4.81. The maximum Gasteiger partial charge on any atom is 0.00228 e. The van der Waals surface area contributed by atoms with E-state index in [0.29, 0.717) is 5.92 Å². The van der Waals surface area contributed by atoms with Crippen molar-refractivity contribution in [3.63, 3.8) is 0 Å². The first-order valence-electron chi connectivity index (χ1n) is 7.31. The van der Waals surface area contributed by atoms with Crippen LogP contribution in [0.25, 0.3) is 0 Å². The first-order chi connectivity index (χ1) is 8.54. The predicted molar refractivity (Wildman–Crippen MR) is 81.1 cm³/mol. The van der Waals surface area contributed by atoms with Gasteiger partial charge in [-0.15, -0.1) is 0 Å². The molecule has 0 radical (unpaired) electrons. The third-order valence-corrected chi connectivity index (χ3v) is 3.72. The SMILES string of the molecule is CCC(C)C(CNCC(C)C)c1cccc(C)c1. The monoisotopic (exact) mass is 247 g/mol. The van der Waals surface area contributed by atoms with Gasteiger partial charge >= 0.3 is 0 Å². The Morgan fingerprint density at radius 1 is 1.11 bits per heavy atom. The summed E-state index contributed by atoms with van der Waals surface area (Å²) >= 11 is 0. The van der Waals surface area contributed by atoms with Crippen molar-refractivity contribution in [1.29, 1.82) is 0 Å². The molecule has 0 saturated carbocycles. The fourth-order valence-electron chi connectivity index (χ4n) is 2.36. The lowest BCUT2D eigenvalue weighted by Crippen LogP contribution is -2.28. The Bertz CT molecular complexity index is 343. The standard InChI is InChI=1S/C17H29N/c1-6-15(5)17(12-18-11-13(2)3)16-9-7-8-14(4)10-16/h7-10,13,15,17-18H,6,11-12H2,1-5H3. The molecule has 2 unspecified atom stereocenters. The quantitative estimate of drug-likeness (QED) is 0.754. The maximum absolute atomic E-state index is 3.62. The molecule has 0 bridgehead atoms. The fourth-order valence-corrected chi connectivity index (χ4v) is 2.36. The molecule has 0 amide bonds. The van der Waals surface area contributed by atoms with Crippen LogP contribution in [0.15, 0.2) is 24.3 Å². The molecule has 0 aliphatic carbocycles. The molecule has 1 heteroatoms. The first-order valence-corrected chi connectivity index (χ1v) is 7.31. The van der Waals surface area contributed by atoms with Crippen LogP contribution in [0, 0.1) is 18.8 Å². The summed E-state index contributed by atoms with van der Waals surface area (Å²) in [4.78, 5) is 0. The van der Waals surface area contributed by atoms with Crippen LogP contribution >= 0.6 is 0 Å². The summed E-state index contributed by atoms with van der Waals surface area (Å²) in [7, 11) is 0. The molecule has 1 aromatic carbocycles. The van der Waals surface area contributed by atoms with E-state index in [1.54, 1.807) is 0 Å². The van der Waals surface area contributed by atoms with E-state index in [9.17, 15) is 0 Å². The van der Waals surface area contributed by atoms with Crippen molar-refractivity contribution >= 4 is 0 Å². The number of rotatable bonds is 7. The zero-order chi connectivity index (χ0) is 13.5. The van der Waals surface area contributed by atoms with Gasteiger partial charge in [-0.1, -0.05) is 63.9 Å². The van der Waals surface area contributed by atoms with Gasteiger partial charge in [-0.25, -0.2) is 0 Å². The van der Waals surface area contributed by atoms with Crippen molar-refractivity contribution < 1.29 is 0 Å². The van der Waals surface area contributed by atoms with Crippen LogP contribution in [0.2, 0.25) is 0 Å². The van der Waals surface area contributed by atoms with E-state index < -0.39 is 0 Å². The second-order valence-corrected chi connectivity index (χ2v) is 5.96. The van der Waals surface area contributed by atoms with Gasteiger partial charge < -0.3 is 5.32 Å². The third-order valence-electron chi connectivity index (χ3n) is 3.72. The Morgan fingerprint density at radius 3 is 2.39 bits per heavy atom. The maximum atomic E-state index is 3.62. The molecular weight excluding hydrogens is 218 g/mol. The number of hydrogen-bond donors (Lipinski definition) is 1. The molecule has 2 atom stereocenters. The van der Waals surface area contributed by atoms with Gasteiger partial charge in [-0.3, -0.25) is 0 Å². The van der Waals surface area contributed by atoms with Crippen molar-refractivity contribution in [1.82, 2.24) is 5.32 Å². The van der Waals surface area contributed by atoms with Crippen LogP contribution < -0.4 is 5.32 Å². The summed E-state index contributed by atoms with van der Waals surface area (Å²) in [6, 6.07) is 8.98. The highest BCUT2D eigenvalue weighted by atomic mass is 14.9. The molecule has 0 saturated heterocycles. The largest absolute Gasteiger partial charge is 0.316 e.